The maximum absolute atomic E-state index is 5.57. The predicted octanol–water partition coefficient (Wildman–Crippen LogP) is 3.99. The molecule has 1 heterocycles. The highest BCUT2D eigenvalue weighted by atomic mass is 32.2. The van der Waals surface area contributed by atoms with Crippen molar-refractivity contribution in [2.45, 2.75) is 50.7 Å². The van der Waals surface area contributed by atoms with Crippen LogP contribution in [0.15, 0.2) is 12.3 Å². The molecule has 0 aliphatic carbocycles. The molecule has 0 bridgehead atoms. The Balaban J connectivity index is 2.44. The largest absolute Gasteiger partial charge is 0.500 e. The van der Waals surface area contributed by atoms with Crippen molar-refractivity contribution < 1.29 is 4.74 Å². The van der Waals surface area contributed by atoms with E-state index in [1.165, 1.54) is 37.9 Å². The van der Waals surface area contributed by atoms with Gasteiger partial charge in [0.2, 0.25) is 0 Å². The van der Waals surface area contributed by atoms with Crippen LogP contribution in [-0.2, 0) is 4.74 Å². The van der Waals surface area contributed by atoms with Crippen LogP contribution in [0.5, 0.6) is 0 Å². The Labute approximate surface area is 92.3 Å². The standard InChI is InChI=1S/C12H22OS/c1-3-9-13-11-12(4-2)8-6-5-7-10-14-12/h3,9H,4-8,10-11H2,1-2H3/b9-3+. The van der Waals surface area contributed by atoms with Crippen LogP contribution in [-0.4, -0.2) is 17.1 Å². The van der Waals surface area contributed by atoms with E-state index in [1.807, 2.05) is 19.3 Å². The fraction of sp³-hybridized carbons (Fsp3) is 0.833. The summed E-state index contributed by atoms with van der Waals surface area (Å²) in [4.78, 5) is 0. The number of hydrogen-bond donors (Lipinski definition) is 0. The fourth-order valence-electron chi connectivity index (χ4n) is 1.88. The zero-order valence-electron chi connectivity index (χ0n) is 9.42. The molecule has 0 amide bonds. The molecule has 1 fully saturated rings. The molecule has 82 valence electrons. The average molecular weight is 214 g/mol. The second-order valence-electron chi connectivity index (χ2n) is 3.98. The van der Waals surface area contributed by atoms with E-state index in [9.17, 15) is 0 Å². The summed E-state index contributed by atoms with van der Waals surface area (Å²) in [5.74, 6) is 1.31. The highest BCUT2D eigenvalue weighted by Crippen LogP contribution is 2.38. The summed E-state index contributed by atoms with van der Waals surface area (Å²) in [7, 11) is 0. The molecule has 1 saturated heterocycles. The normalized spacial score (nSPS) is 29.0. The van der Waals surface area contributed by atoms with E-state index < -0.39 is 0 Å². The molecule has 0 aromatic heterocycles. The predicted molar refractivity (Wildman–Crippen MR) is 64.7 cm³/mol. The van der Waals surface area contributed by atoms with E-state index in [1.54, 1.807) is 0 Å². The fourth-order valence-corrected chi connectivity index (χ4v) is 3.30. The van der Waals surface area contributed by atoms with Gasteiger partial charge in [0.25, 0.3) is 0 Å². The van der Waals surface area contributed by atoms with E-state index in [-0.39, 0.29) is 0 Å². The highest BCUT2D eigenvalue weighted by Gasteiger charge is 2.30. The van der Waals surface area contributed by atoms with E-state index in [0.29, 0.717) is 4.75 Å². The lowest BCUT2D eigenvalue weighted by Crippen LogP contribution is -2.29. The van der Waals surface area contributed by atoms with Crippen molar-refractivity contribution in [1.29, 1.82) is 0 Å². The molecule has 0 radical (unpaired) electrons. The van der Waals surface area contributed by atoms with Gasteiger partial charge in [0.05, 0.1) is 6.26 Å². The zero-order chi connectivity index (χ0) is 10.3. The molecular weight excluding hydrogens is 192 g/mol. The van der Waals surface area contributed by atoms with Crippen molar-refractivity contribution in [3.63, 3.8) is 0 Å². The molecule has 1 nitrogen and oxygen atoms in total. The first-order valence-electron chi connectivity index (χ1n) is 5.70. The van der Waals surface area contributed by atoms with E-state index >= 15 is 0 Å². The third kappa shape index (κ3) is 3.56. The quantitative estimate of drug-likeness (QED) is 0.654. The van der Waals surface area contributed by atoms with Crippen molar-refractivity contribution >= 4 is 11.8 Å². The van der Waals surface area contributed by atoms with Crippen LogP contribution in [0.1, 0.15) is 46.0 Å². The van der Waals surface area contributed by atoms with Crippen LogP contribution in [0.25, 0.3) is 0 Å². The maximum atomic E-state index is 5.57. The Hall–Kier alpha value is -0.110. The molecule has 1 aliphatic heterocycles. The van der Waals surface area contributed by atoms with Gasteiger partial charge in [-0.15, -0.1) is 0 Å². The van der Waals surface area contributed by atoms with E-state index in [4.69, 9.17) is 4.74 Å². The second-order valence-corrected chi connectivity index (χ2v) is 5.54. The van der Waals surface area contributed by atoms with Crippen LogP contribution >= 0.6 is 11.8 Å². The Morgan fingerprint density at radius 3 is 2.93 bits per heavy atom. The molecule has 1 aliphatic rings. The number of thioether (sulfide) groups is 1. The van der Waals surface area contributed by atoms with Crippen molar-refractivity contribution in [2.75, 3.05) is 12.4 Å². The van der Waals surface area contributed by atoms with Crippen molar-refractivity contribution in [3.05, 3.63) is 12.3 Å². The number of ether oxygens (including phenoxy) is 1. The van der Waals surface area contributed by atoms with Crippen LogP contribution in [0.2, 0.25) is 0 Å². The minimum atomic E-state index is 0.399. The summed E-state index contributed by atoms with van der Waals surface area (Å²) < 4.78 is 5.97. The molecule has 0 N–H and O–H groups in total. The first kappa shape index (κ1) is 12.0. The number of rotatable bonds is 4. The van der Waals surface area contributed by atoms with E-state index in [0.717, 1.165) is 6.61 Å². The highest BCUT2D eigenvalue weighted by molar-refractivity contribution is 8.00. The summed E-state index contributed by atoms with van der Waals surface area (Å²) in [5.41, 5.74) is 0. The molecule has 0 aromatic rings. The third-order valence-electron chi connectivity index (χ3n) is 2.91. The minimum absolute atomic E-state index is 0.399. The molecule has 0 saturated carbocycles. The van der Waals surface area contributed by atoms with Crippen molar-refractivity contribution in [2.24, 2.45) is 0 Å². The molecule has 1 rings (SSSR count). The van der Waals surface area contributed by atoms with Crippen molar-refractivity contribution in [1.82, 2.24) is 0 Å². The van der Waals surface area contributed by atoms with Crippen molar-refractivity contribution in [3.8, 4) is 0 Å². The molecule has 0 aromatic carbocycles. The Kier molecular flexibility index (Phi) is 5.46. The van der Waals surface area contributed by atoms with Gasteiger partial charge in [0.15, 0.2) is 0 Å². The summed E-state index contributed by atoms with van der Waals surface area (Å²) in [6, 6.07) is 0. The van der Waals surface area contributed by atoms with Gasteiger partial charge in [-0.2, -0.15) is 11.8 Å². The maximum Gasteiger partial charge on any atom is 0.102 e. The SMILES string of the molecule is C/C=C/OCC1(CC)CCCCCS1. The van der Waals surface area contributed by atoms with E-state index in [2.05, 4.69) is 18.7 Å². The average Bonchev–Trinajstić information content (AvgIpc) is 2.45. The second kappa shape index (κ2) is 6.39. The molecule has 0 spiro atoms. The molecular formula is C12H22OS. The minimum Gasteiger partial charge on any atom is -0.500 e. The first-order valence-corrected chi connectivity index (χ1v) is 6.68. The Morgan fingerprint density at radius 2 is 2.21 bits per heavy atom. The molecule has 1 unspecified atom stereocenters. The van der Waals surface area contributed by atoms with Gasteiger partial charge in [0, 0.05) is 4.75 Å². The van der Waals surface area contributed by atoms with Gasteiger partial charge in [-0.3, -0.25) is 0 Å². The van der Waals surface area contributed by atoms with Crippen LogP contribution in [0, 0.1) is 0 Å². The topological polar surface area (TPSA) is 9.23 Å². The lowest BCUT2D eigenvalue weighted by molar-refractivity contribution is 0.202. The number of allylic oxidation sites excluding steroid dienone is 1. The Bertz CT molecular complexity index is 169. The molecule has 14 heavy (non-hydrogen) atoms. The first-order chi connectivity index (χ1) is 6.83. The van der Waals surface area contributed by atoms with Gasteiger partial charge in [-0.1, -0.05) is 25.8 Å². The smallest absolute Gasteiger partial charge is 0.102 e. The summed E-state index contributed by atoms with van der Waals surface area (Å²) in [6.07, 6.45) is 10.5. The lowest BCUT2D eigenvalue weighted by atomic mass is 9.99. The monoisotopic (exact) mass is 214 g/mol. The summed E-state index contributed by atoms with van der Waals surface area (Å²) in [5, 5.41) is 0. The van der Waals surface area contributed by atoms with Crippen LogP contribution < -0.4 is 0 Å². The third-order valence-corrected chi connectivity index (χ3v) is 4.62. The molecule has 2 heteroatoms. The summed E-state index contributed by atoms with van der Waals surface area (Å²) >= 11 is 2.12. The molecule has 1 atom stereocenters. The van der Waals surface area contributed by atoms with Gasteiger partial charge >= 0.3 is 0 Å². The number of hydrogen-bond acceptors (Lipinski definition) is 2. The van der Waals surface area contributed by atoms with Gasteiger partial charge in [-0.05, 0) is 31.9 Å². The zero-order valence-corrected chi connectivity index (χ0v) is 10.2. The van der Waals surface area contributed by atoms with Crippen LogP contribution in [0.4, 0.5) is 0 Å². The summed E-state index contributed by atoms with van der Waals surface area (Å²) in [6.45, 7) is 5.18. The Morgan fingerprint density at radius 1 is 1.36 bits per heavy atom. The van der Waals surface area contributed by atoms with Gasteiger partial charge < -0.3 is 4.74 Å². The lowest BCUT2D eigenvalue weighted by Gasteiger charge is -2.29. The van der Waals surface area contributed by atoms with Gasteiger partial charge in [0.1, 0.15) is 6.61 Å². The van der Waals surface area contributed by atoms with Gasteiger partial charge in [-0.25, -0.2) is 0 Å². The van der Waals surface area contributed by atoms with Crippen LogP contribution in [0.3, 0.4) is 0 Å².